The van der Waals surface area contributed by atoms with Crippen LogP contribution in [0, 0.1) is 11.7 Å². The van der Waals surface area contributed by atoms with E-state index in [4.69, 9.17) is 0 Å². The molecule has 0 saturated carbocycles. The SMILES string of the molecule is O=C1[C@H]2[C@@H](C(=O)N1c1ccc(Br)cc1)N1CCCN1[C@H]2c1ccc(F)cc1. The van der Waals surface area contributed by atoms with Gasteiger partial charge in [-0.15, -0.1) is 0 Å². The van der Waals surface area contributed by atoms with E-state index in [0.717, 1.165) is 29.5 Å². The first-order valence-corrected chi connectivity index (χ1v) is 9.77. The molecule has 138 valence electrons. The molecule has 0 spiro atoms. The Bertz CT molecular complexity index is 918. The van der Waals surface area contributed by atoms with E-state index in [0.29, 0.717) is 5.69 Å². The van der Waals surface area contributed by atoms with Crippen LogP contribution in [0.25, 0.3) is 0 Å². The third kappa shape index (κ3) is 2.49. The Balaban J connectivity index is 1.57. The zero-order valence-electron chi connectivity index (χ0n) is 14.4. The molecule has 5 nitrogen and oxygen atoms in total. The van der Waals surface area contributed by atoms with Crippen LogP contribution in [0.4, 0.5) is 10.1 Å². The first-order chi connectivity index (χ1) is 13.1. The van der Waals surface area contributed by atoms with Gasteiger partial charge in [0, 0.05) is 17.6 Å². The summed E-state index contributed by atoms with van der Waals surface area (Å²) in [6.45, 7) is 1.56. The summed E-state index contributed by atoms with van der Waals surface area (Å²) in [4.78, 5) is 27.9. The fourth-order valence-electron chi connectivity index (χ4n) is 4.62. The number of amides is 2. The number of carbonyl (C=O) groups is 2. The molecule has 3 aliphatic rings. The van der Waals surface area contributed by atoms with E-state index in [-0.39, 0.29) is 23.7 Å². The monoisotopic (exact) mass is 429 g/mol. The number of hydrazine groups is 1. The number of carbonyl (C=O) groups excluding carboxylic acids is 2. The smallest absolute Gasteiger partial charge is 0.253 e. The van der Waals surface area contributed by atoms with Crippen LogP contribution in [0.1, 0.15) is 18.0 Å². The quantitative estimate of drug-likeness (QED) is 0.687. The molecule has 0 aliphatic carbocycles. The molecule has 3 saturated heterocycles. The number of fused-ring (bicyclic) bond motifs is 3. The lowest BCUT2D eigenvalue weighted by Crippen LogP contribution is -2.44. The Hall–Kier alpha value is -2.09. The normalized spacial score (nSPS) is 28.1. The van der Waals surface area contributed by atoms with Gasteiger partial charge in [0.1, 0.15) is 11.9 Å². The first-order valence-electron chi connectivity index (χ1n) is 8.98. The molecule has 0 bridgehead atoms. The zero-order valence-corrected chi connectivity index (χ0v) is 16.0. The van der Waals surface area contributed by atoms with Crippen molar-refractivity contribution in [3.8, 4) is 0 Å². The number of benzene rings is 2. The van der Waals surface area contributed by atoms with Crippen molar-refractivity contribution in [2.24, 2.45) is 5.92 Å². The Kier molecular flexibility index (Phi) is 3.93. The van der Waals surface area contributed by atoms with Gasteiger partial charge in [-0.1, -0.05) is 28.1 Å². The number of imide groups is 1. The lowest BCUT2D eigenvalue weighted by atomic mass is 9.90. The highest BCUT2D eigenvalue weighted by Gasteiger charge is 2.62. The molecule has 2 aromatic rings. The van der Waals surface area contributed by atoms with Gasteiger partial charge in [-0.2, -0.15) is 0 Å². The van der Waals surface area contributed by atoms with Crippen LogP contribution in [-0.4, -0.2) is 41.0 Å². The molecular formula is C20H17BrFN3O2. The van der Waals surface area contributed by atoms with E-state index >= 15 is 0 Å². The van der Waals surface area contributed by atoms with Gasteiger partial charge in [0.15, 0.2) is 0 Å². The van der Waals surface area contributed by atoms with Crippen LogP contribution in [0.2, 0.25) is 0 Å². The minimum Gasteiger partial charge on any atom is -0.274 e. The summed E-state index contributed by atoms with van der Waals surface area (Å²) in [6, 6.07) is 12.7. The molecule has 3 heterocycles. The molecule has 0 radical (unpaired) electrons. The average molecular weight is 430 g/mol. The number of hydrogen-bond acceptors (Lipinski definition) is 4. The van der Waals surface area contributed by atoms with Crippen LogP contribution >= 0.6 is 15.9 Å². The second kappa shape index (κ2) is 6.22. The van der Waals surface area contributed by atoms with E-state index in [1.54, 1.807) is 24.3 Å². The summed E-state index contributed by atoms with van der Waals surface area (Å²) in [5.41, 5.74) is 1.46. The molecule has 0 N–H and O–H groups in total. The predicted octanol–water partition coefficient (Wildman–Crippen LogP) is 3.12. The van der Waals surface area contributed by atoms with Crippen LogP contribution in [-0.2, 0) is 9.59 Å². The molecule has 3 atom stereocenters. The Morgan fingerprint density at radius 1 is 0.852 bits per heavy atom. The van der Waals surface area contributed by atoms with Crippen molar-refractivity contribution < 1.29 is 14.0 Å². The third-order valence-corrected chi connectivity index (χ3v) is 6.23. The van der Waals surface area contributed by atoms with E-state index in [1.807, 2.05) is 17.1 Å². The fraction of sp³-hybridized carbons (Fsp3) is 0.300. The summed E-state index contributed by atoms with van der Waals surface area (Å²) in [6.07, 6.45) is 0.945. The molecule has 5 rings (SSSR count). The highest BCUT2D eigenvalue weighted by Crippen LogP contribution is 2.48. The van der Waals surface area contributed by atoms with Crippen molar-refractivity contribution in [3.05, 3.63) is 64.4 Å². The summed E-state index contributed by atoms with van der Waals surface area (Å²) in [7, 11) is 0. The molecule has 7 heteroatoms. The number of rotatable bonds is 2. The van der Waals surface area contributed by atoms with Gasteiger partial charge < -0.3 is 0 Å². The molecule has 27 heavy (non-hydrogen) atoms. The van der Waals surface area contributed by atoms with Crippen molar-refractivity contribution in [1.82, 2.24) is 10.0 Å². The average Bonchev–Trinajstić information content (AvgIpc) is 3.30. The Labute approximate surface area is 164 Å². The first kappa shape index (κ1) is 17.0. The number of anilines is 1. The van der Waals surface area contributed by atoms with Gasteiger partial charge in [0.05, 0.1) is 17.6 Å². The number of halogens is 2. The third-order valence-electron chi connectivity index (χ3n) is 5.70. The topological polar surface area (TPSA) is 43.9 Å². The Morgan fingerprint density at radius 3 is 2.15 bits per heavy atom. The fourth-order valence-corrected chi connectivity index (χ4v) is 4.88. The van der Waals surface area contributed by atoms with Gasteiger partial charge in [-0.05, 0) is 48.4 Å². The van der Waals surface area contributed by atoms with Crippen molar-refractivity contribution >= 4 is 33.4 Å². The van der Waals surface area contributed by atoms with Crippen LogP contribution < -0.4 is 4.90 Å². The van der Waals surface area contributed by atoms with Gasteiger partial charge in [-0.25, -0.2) is 19.3 Å². The minimum atomic E-state index is -0.487. The second-order valence-electron chi connectivity index (χ2n) is 7.14. The zero-order chi connectivity index (χ0) is 18.7. The molecular weight excluding hydrogens is 413 g/mol. The van der Waals surface area contributed by atoms with E-state index in [9.17, 15) is 14.0 Å². The standard InChI is InChI=1S/C20H17BrFN3O2/c21-13-4-8-15(9-5-13)25-19(26)16-17(12-2-6-14(22)7-3-12)23-10-1-11-24(23)18(16)20(25)27/h2-9,16-18H,1,10-11H2/t16-,17+,18+/m1/s1. The van der Waals surface area contributed by atoms with Crippen molar-refractivity contribution in [2.75, 3.05) is 18.0 Å². The van der Waals surface area contributed by atoms with Crippen LogP contribution in [0.15, 0.2) is 53.0 Å². The maximum Gasteiger partial charge on any atom is 0.253 e. The van der Waals surface area contributed by atoms with Crippen LogP contribution in [0.3, 0.4) is 0 Å². The summed E-state index contributed by atoms with van der Waals surface area (Å²) in [5.74, 6) is -1.15. The summed E-state index contributed by atoms with van der Waals surface area (Å²) in [5, 5.41) is 4.16. The van der Waals surface area contributed by atoms with E-state index in [1.165, 1.54) is 17.0 Å². The minimum absolute atomic E-state index is 0.177. The number of hydrogen-bond donors (Lipinski definition) is 0. The van der Waals surface area contributed by atoms with Gasteiger partial charge >= 0.3 is 0 Å². The van der Waals surface area contributed by atoms with Crippen molar-refractivity contribution in [2.45, 2.75) is 18.5 Å². The molecule has 3 fully saturated rings. The van der Waals surface area contributed by atoms with Gasteiger partial charge in [0.2, 0.25) is 5.91 Å². The number of nitrogens with zero attached hydrogens (tertiary/aromatic N) is 3. The molecule has 2 aromatic carbocycles. The molecule has 0 unspecified atom stereocenters. The highest BCUT2D eigenvalue weighted by molar-refractivity contribution is 9.10. The lowest BCUT2D eigenvalue weighted by Gasteiger charge is -2.29. The summed E-state index contributed by atoms with van der Waals surface area (Å²) >= 11 is 3.38. The largest absolute Gasteiger partial charge is 0.274 e. The maximum atomic E-state index is 13.4. The molecule has 0 aromatic heterocycles. The van der Waals surface area contributed by atoms with Crippen molar-refractivity contribution in [3.63, 3.8) is 0 Å². The highest BCUT2D eigenvalue weighted by atomic mass is 79.9. The molecule has 3 aliphatic heterocycles. The van der Waals surface area contributed by atoms with E-state index < -0.39 is 12.0 Å². The van der Waals surface area contributed by atoms with Gasteiger partial charge in [0.25, 0.3) is 5.91 Å². The second-order valence-corrected chi connectivity index (χ2v) is 8.05. The predicted molar refractivity (Wildman–Crippen MR) is 101 cm³/mol. The maximum absolute atomic E-state index is 13.4. The van der Waals surface area contributed by atoms with Crippen molar-refractivity contribution in [1.29, 1.82) is 0 Å². The van der Waals surface area contributed by atoms with Gasteiger partial charge in [-0.3, -0.25) is 9.59 Å². The summed E-state index contributed by atoms with van der Waals surface area (Å²) < 4.78 is 14.3. The molecule has 2 amide bonds. The Morgan fingerprint density at radius 2 is 1.48 bits per heavy atom. The van der Waals surface area contributed by atoms with E-state index in [2.05, 4.69) is 20.9 Å². The van der Waals surface area contributed by atoms with Crippen LogP contribution in [0.5, 0.6) is 0 Å². The lowest BCUT2D eigenvalue weighted by molar-refractivity contribution is -0.126.